The average molecular weight is 459 g/mol. The van der Waals surface area contributed by atoms with E-state index < -0.39 is 11.7 Å². The minimum atomic E-state index is -0.469. The van der Waals surface area contributed by atoms with Crippen LogP contribution in [0.4, 0.5) is 10.1 Å². The minimum Gasteiger partial charge on any atom is -0.497 e. The number of amides is 1. The number of hydrogen-bond donors (Lipinski definition) is 2. The third-order valence-electron chi connectivity index (χ3n) is 5.86. The van der Waals surface area contributed by atoms with Crippen LogP contribution in [-0.2, 0) is 6.42 Å². The van der Waals surface area contributed by atoms with Crippen molar-refractivity contribution in [2.45, 2.75) is 32.7 Å². The van der Waals surface area contributed by atoms with E-state index in [1.165, 1.54) is 12.1 Å². The van der Waals surface area contributed by atoms with E-state index in [1.54, 1.807) is 50.4 Å². The zero-order valence-electron chi connectivity index (χ0n) is 19.7. The fourth-order valence-corrected chi connectivity index (χ4v) is 4.12. The summed E-state index contributed by atoms with van der Waals surface area (Å²) >= 11 is 0. The quantitative estimate of drug-likeness (QED) is 0.389. The maximum atomic E-state index is 13.5. The summed E-state index contributed by atoms with van der Waals surface area (Å²) < 4.78 is 18.9. The van der Waals surface area contributed by atoms with Crippen LogP contribution in [0.25, 0.3) is 5.70 Å². The predicted octanol–water partition coefficient (Wildman–Crippen LogP) is 5.54. The van der Waals surface area contributed by atoms with Gasteiger partial charge in [0.15, 0.2) is 5.78 Å². The van der Waals surface area contributed by atoms with Crippen molar-refractivity contribution in [3.05, 3.63) is 100 Å². The molecule has 0 aromatic heterocycles. The van der Waals surface area contributed by atoms with Crippen LogP contribution in [0.2, 0.25) is 0 Å². The first-order chi connectivity index (χ1) is 16.1. The molecule has 3 aromatic carbocycles. The van der Waals surface area contributed by atoms with Crippen LogP contribution < -0.4 is 15.4 Å². The number of hydrogen-bond acceptors (Lipinski definition) is 4. The molecule has 4 rings (SSSR count). The molecule has 5 nitrogen and oxygen atoms in total. The van der Waals surface area contributed by atoms with Crippen LogP contribution in [0.15, 0.2) is 66.7 Å². The fourth-order valence-electron chi connectivity index (χ4n) is 4.12. The van der Waals surface area contributed by atoms with Crippen molar-refractivity contribution in [1.82, 2.24) is 5.32 Å². The highest BCUT2D eigenvalue weighted by Gasteiger charge is 2.28. The first kappa shape index (κ1) is 23.2. The normalized spacial score (nSPS) is 15.3. The summed E-state index contributed by atoms with van der Waals surface area (Å²) in [5, 5.41) is 6.22. The van der Waals surface area contributed by atoms with Crippen LogP contribution in [0.5, 0.6) is 5.75 Å². The topological polar surface area (TPSA) is 67.4 Å². The Labute approximate surface area is 198 Å². The Morgan fingerprint density at radius 2 is 1.79 bits per heavy atom. The number of aryl methyl sites for hydroxylation is 1. The monoisotopic (exact) mass is 458 g/mol. The number of carbonyl (C=O) groups excluding carboxylic acids is 2. The van der Waals surface area contributed by atoms with Crippen LogP contribution in [0.1, 0.15) is 51.3 Å². The third kappa shape index (κ3) is 5.01. The fraction of sp³-hybridized carbons (Fsp3) is 0.214. The Morgan fingerprint density at radius 1 is 1.06 bits per heavy atom. The molecule has 0 atom stereocenters. The molecule has 0 saturated carbocycles. The molecular weight excluding hydrogens is 431 g/mol. The molecule has 34 heavy (non-hydrogen) atoms. The molecular formula is C28H27FN2O3. The van der Waals surface area contributed by atoms with E-state index >= 15 is 0 Å². The molecule has 1 amide bonds. The second kappa shape index (κ2) is 9.14. The number of rotatable bonds is 5. The van der Waals surface area contributed by atoms with Crippen molar-refractivity contribution in [3.63, 3.8) is 0 Å². The lowest BCUT2D eigenvalue weighted by molar-refractivity contribution is 0.102. The van der Waals surface area contributed by atoms with Crippen molar-refractivity contribution in [1.29, 1.82) is 0 Å². The second-order valence-corrected chi connectivity index (χ2v) is 9.12. The van der Waals surface area contributed by atoms with Crippen molar-refractivity contribution in [2.24, 2.45) is 0 Å². The molecule has 0 radical (unpaired) electrons. The Hall–Kier alpha value is -3.93. The number of halogens is 1. The number of fused-ring (bicyclic) bond motifs is 1. The standard InChI is InChI=1S/C28H27FN2O3/c1-17-5-9-20(29)13-23(17)27(33)30-21-10-6-18(7-11-21)26(32)15-25-24-14-22(34-4)12-8-19(24)16-28(2,3)31-25/h5-15,31H,16H2,1-4H3,(H,30,33)/b25-15-. The summed E-state index contributed by atoms with van der Waals surface area (Å²) in [6.45, 7) is 5.94. The van der Waals surface area contributed by atoms with Crippen molar-refractivity contribution < 1.29 is 18.7 Å². The summed E-state index contributed by atoms with van der Waals surface area (Å²) in [7, 11) is 1.62. The van der Waals surface area contributed by atoms with Gasteiger partial charge in [-0.1, -0.05) is 12.1 Å². The summed E-state index contributed by atoms with van der Waals surface area (Å²) in [4.78, 5) is 25.6. The minimum absolute atomic E-state index is 0.159. The van der Waals surface area contributed by atoms with Gasteiger partial charge in [0.05, 0.1) is 7.11 Å². The Kier molecular flexibility index (Phi) is 6.24. The van der Waals surface area contributed by atoms with E-state index in [-0.39, 0.29) is 16.9 Å². The summed E-state index contributed by atoms with van der Waals surface area (Å²) in [6.07, 6.45) is 2.43. The molecule has 0 unspecified atom stereocenters. The maximum Gasteiger partial charge on any atom is 0.256 e. The number of ketones is 1. The largest absolute Gasteiger partial charge is 0.497 e. The first-order valence-corrected chi connectivity index (χ1v) is 11.0. The van der Waals surface area contributed by atoms with Crippen LogP contribution >= 0.6 is 0 Å². The zero-order valence-corrected chi connectivity index (χ0v) is 19.7. The second-order valence-electron chi connectivity index (χ2n) is 9.12. The highest BCUT2D eigenvalue weighted by molar-refractivity contribution is 6.09. The van der Waals surface area contributed by atoms with E-state index in [2.05, 4.69) is 24.5 Å². The van der Waals surface area contributed by atoms with Gasteiger partial charge in [-0.3, -0.25) is 9.59 Å². The van der Waals surface area contributed by atoms with Gasteiger partial charge in [-0.05, 0) is 86.8 Å². The molecule has 0 spiro atoms. The average Bonchev–Trinajstić information content (AvgIpc) is 2.80. The molecule has 2 N–H and O–H groups in total. The molecule has 0 bridgehead atoms. The number of ether oxygens (including phenoxy) is 1. The van der Waals surface area contributed by atoms with Gasteiger partial charge in [-0.2, -0.15) is 0 Å². The smallest absolute Gasteiger partial charge is 0.256 e. The van der Waals surface area contributed by atoms with E-state index in [0.29, 0.717) is 16.8 Å². The Morgan fingerprint density at radius 3 is 2.50 bits per heavy atom. The number of anilines is 1. The number of methoxy groups -OCH3 is 1. The van der Waals surface area contributed by atoms with Gasteiger partial charge in [0.1, 0.15) is 11.6 Å². The molecule has 1 heterocycles. The van der Waals surface area contributed by atoms with Gasteiger partial charge in [-0.15, -0.1) is 0 Å². The number of nitrogens with one attached hydrogen (secondary N) is 2. The Bertz CT molecular complexity index is 1290. The molecule has 174 valence electrons. The van der Waals surface area contributed by atoms with Crippen molar-refractivity contribution in [2.75, 3.05) is 12.4 Å². The lowest BCUT2D eigenvalue weighted by Gasteiger charge is -2.35. The maximum absolute atomic E-state index is 13.5. The van der Waals surface area contributed by atoms with Gasteiger partial charge >= 0.3 is 0 Å². The van der Waals surface area contributed by atoms with Gasteiger partial charge in [0.25, 0.3) is 5.91 Å². The van der Waals surface area contributed by atoms with E-state index in [1.807, 2.05) is 18.2 Å². The van der Waals surface area contributed by atoms with E-state index in [0.717, 1.165) is 29.0 Å². The molecule has 1 aliphatic heterocycles. The molecule has 0 aliphatic carbocycles. The number of allylic oxidation sites excluding steroid dienone is 1. The van der Waals surface area contributed by atoms with E-state index in [4.69, 9.17) is 4.74 Å². The van der Waals surface area contributed by atoms with Crippen molar-refractivity contribution in [3.8, 4) is 5.75 Å². The molecule has 1 aliphatic rings. The van der Waals surface area contributed by atoms with Gasteiger partial charge < -0.3 is 15.4 Å². The summed E-state index contributed by atoms with van der Waals surface area (Å²) in [6, 6.07) is 16.6. The zero-order chi connectivity index (χ0) is 24.5. The number of benzene rings is 3. The van der Waals surface area contributed by atoms with E-state index in [9.17, 15) is 14.0 Å². The highest BCUT2D eigenvalue weighted by atomic mass is 19.1. The Balaban J connectivity index is 1.55. The number of carbonyl (C=O) groups is 2. The van der Waals surface area contributed by atoms with Crippen LogP contribution in [0.3, 0.4) is 0 Å². The van der Waals surface area contributed by atoms with Gasteiger partial charge in [0.2, 0.25) is 0 Å². The lowest BCUT2D eigenvalue weighted by Crippen LogP contribution is -2.43. The third-order valence-corrected chi connectivity index (χ3v) is 5.86. The van der Waals surface area contributed by atoms with Gasteiger partial charge in [0, 0.05) is 39.7 Å². The van der Waals surface area contributed by atoms with Crippen molar-refractivity contribution >= 4 is 23.1 Å². The molecule has 0 saturated heterocycles. The molecule has 3 aromatic rings. The molecule has 0 fully saturated rings. The highest BCUT2D eigenvalue weighted by Crippen LogP contribution is 2.32. The summed E-state index contributed by atoms with van der Waals surface area (Å²) in [5.74, 6) is -0.305. The summed E-state index contributed by atoms with van der Waals surface area (Å²) in [5.41, 5.74) is 4.59. The van der Waals surface area contributed by atoms with Crippen LogP contribution in [0, 0.1) is 12.7 Å². The van der Waals surface area contributed by atoms with Gasteiger partial charge in [-0.25, -0.2) is 4.39 Å². The lowest BCUT2D eigenvalue weighted by atomic mass is 9.85. The van der Waals surface area contributed by atoms with Crippen LogP contribution in [-0.4, -0.2) is 24.3 Å². The predicted molar refractivity (Wildman–Crippen MR) is 132 cm³/mol. The molecule has 6 heteroatoms. The SMILES string of the molecule is COc1ccc2c(c1)/C(=C/C(=O)c1ccc(NC(=O)c3cc(F)ccc3C)cc1)NC(C)(C)C2. The first-order valence-electron chi connectivity index (χ1n) is 11.0.